The van der Waals surface area contributed by atoms with Gasteiger partial charge in [0.2, 0.25) is 5.91 Å². The summed E-state index contributed by atoms with van der Waals surface area (Å²) in [6.07, 6.45) is 1.98. The first-order valence-electron chi connectivity index (χ1n) is 11.3. The van der Waals surface area contributed by atoms with Gasteiger partial charge in [0.05, 0.1) is 6.21 Å². The molecule has 0 unspecified atom stereocenters. The van der Waals surface area contributed by atoms with Crippen LogP contribution in [0.2, 0.25) is 0 Å². The number of amides is 1. The van der Waals surface area contributed by atoms with E-state index in [2.05, 4.69) is 39.4 Å². The second-order valence-electron chi connectivity index (χ2n) is 8.07. The van der Waals surface area contributed by atoms with Gasteiger partial charge in [-0.25, -0.2) is 5.43 Å². The van der Waals surface area contributed by atoms with Gasteiger partial charge in [-0.1, -0.05) is 66.7 Å². The molecule has 5 nitrogen and oxygen atoms in total. The number of carbonyl (C=O) groups excluding carboxylic acids is 1. The monoisotopic (exact) mass is 447 g/mol. The van der Waals surface area contributed by atoms with Crippen LogP contribution in [-0.4, -0.2) is 16.7 Å². The van der Waals surface area contributed by atoms with Gasteiger partial charge < -0.3 is 9.30 Å². The second-order valence-corrected chi connectivity index (χ2v) is 8.07. The zero-order valence-electron chi connectivity index (χ0n) is 18.7. The van der Waals surface area contributed by atoms with Crippen LogP contribution < -0.4 is 10.2 Å². The lowest BCUT2D eigenvalue weighted by atomic mass is 10.2. The molecule has 0 saturated carbocycles. The summed E-state index contributed by atoms with van der Waals surface area (Å²) >= 11 is 0. The molecule has 0 fully saturated rings. The van der Waals surface area contributed by atoms with Gasteiger partial charge in [0.15, 0.2) is 0 Å². The SMILES string of the molecule is O=C(CCn1c2ccccc2c2ccccc21)NN=Cc1ccc(OCc2ccccc2)cc1. The van der Waals surface area contributed by atoms with Gasteiger partial charge in [0.1, 0.15) is 12.4 Å². The Kier molecular flexibility index (Phi) is 6.34. The maximum absolute atomic E-state index is 12.4. The van der Waals surface area contributed by atoms with Gasteiger partial charge in [-0.05, 0) is 47.5 Å². The van der Waals surface area contributed by atoms with E-state index in [4.69, 9.17) is 4.74 Å². The van der Waals surface area contributed by atoms with E-state index in [1.165, 1.54) is 10.8 Å². The second kappa shape index (κ2) is 10.0. The first-order chi connectivity index (χ1) is 16.8. The molecule has 0 aliphatic rings. The third-order valence-corrected chi connectivity index (χ3v) is 5.77. The summed E-state index contributed by atoms with van der Waals surface area (Å²) < 4.78 is 8.00. The Morgan fingerprint density at radius 1 is 0.794 bits per heavy atom. The van der Waals surface area contributed by atoms with Gasteiger partial charge in [-0.2, -0.15) is 5.10 Å². The highest BCUT2D eigenvalue weighted by Crippen LogP contribution is 2.28. The Hall–Kier alpha value is -4.38. The number of nitrogens with one attached hydrogen (secondary N) is 1. The van der Waals surface area contributed by atoms with Crippen LogP contribution in [-0.2, 0) is 17.9 Å². The molecular formula is C29H25N3O2. The highest BCUT2D eigenvalue weighted by atomic mass is 16.5. The maximum Gasteiger partial charge on any atom is 0.241 e. The molecular weight excluding hydrogens is 422 g/mol. The van der Waals surface area contributed by atoms with Crippen LogP contribution in [0, 0.1) is 0 Å². The molecule has 0 radical (unpaired) electrons. The molecule has 0 spiro atoms. The molecule has 1 heterocycles. The molecule has 34 heavy (non-hydrogen) atoms. The number of fused-ring (bicyclic) bond motifs is 3. The van der Waals surface area contributed by atoms with E-state index in [1.807, 2.05) is 78.9 Å². The Morgan fingerprint density at radius 3 is 2.09 bits per heavy atom. The number of carbonyl (C=O) groups is 1. The molecule has 168 valence electrons. The predicted molar refractivity (Wildman–Crippen MR) is 137 cm³/mol. The molecule has 1 aromatic heterocycles. The summed E-state index contributed by atoms with van der Waals surface area (Å²) in [5.74, 6) is 0.664. The molecule has 0 aliphatic heterocycles. The first kappa shape index (κ1) is 21.5. The van der Waals surface area contributed by atoms with Crippen molar-refractivity contribution in [3.8, 4) is 5.75 Å². The fourth-order valence-electron chi connectivity index (χ4n) is 4.08. The lowest BCUT2D eigenvalue weighted by Gasteiger charge is -2.07. The Morgan fingerprint density at radius 2 is 1.41 bits per heavy atom. The minimum absolute atomic E-state index is 0.124. The highest BCUT2D eigenvalue weighted by Gasteiger charge is 2.10. The number of ether oxygens (including phenoxy) is 1. The van der Waals surface area contributed by atoms with E-state index in [-0.39, 0.29) is 5.91 Å². The van der Waals surface area contributed by atoms with E-state index < -0.39 is 0 Å². The fourth-order valence-corrected chi connectivity index (χ4v) is 4.08. The molecule has 5 aromatic rings. The molecule has 5 heteroatoms. The maximum atomic E-state index is 12.4. The highest BCUT2D eigenvalue weighted by molar-refractivity contribution is 6.08. The van der Waals surface area contributed by atoms with E-state index in [1.54, 1.807) is 6.21 Å². The standard InChI is InChI=1S/C29H25N3O2/c33-29(18-19-32-27-12-6-4-10-25(27)26-11-5-7-13-28(26)32)31-30-20-22-14-16-24(17-15-22)34-21-23-8-2-1-3-9-23/h1-17,20H,18-19,21H2,(H,31,33). The number of hydrogen-bond donors (Lipinski definition) is 1. The summed E-state index contributed by atoms with van der Waals surface area (Å²) in [5, 5.41) is 6.52. The molecule has 0 aliphatic carbocycles. The van der Waals surface area contributed by atoms with Crippen LogP contribution in [0.3, 0.4) is 0 Å². The van der Waals surface area contributed by atoms with Crippen molar-refractivity contribution >= 4 is 33.9 Å². The van der Waals surface area contributed by atoms with Crippen molar-refractivity contribution in [3.05, 3.63) is 114 Å². The summed E-state index contributed by atoms with van der Waals surface area (Å²) in [5.41, 5.74) is 6.91. The van der Waals surface area contributed by atoms with Gasteiger partial charge in [-0.3, -0.25) is 4.79 Å². The smallest absolute Gasteiger partial charge is 0.241 e. The predicted octanol–water partition coefficient (Wildman–Crippen LogP) is 5.91. The minimum Gasteiger partial charge on any atom is -0.489 e. The van der Waals surface area contributed by atoms with Crippen molar-refractivity contribution in [2.75, 3.05) is 0 Å². The van der Waals surface area contributed by atoms with E-state index >= 15 is 0 Å². The van der Waals surface area contributed by atoms with Crippen LogP contribution in [0.25, 0.3) is 21.8 Å². The first-order valence-corrected chi connectivity index (χ1v) is 11.3. The zero-order chi connectivity index (χ0) is 23.2. The number of rotatable bonds is 8. The van der Waals surface area contributed by atoms with Crippen molar-refractivity contribution in [1.82, 2.24) is 9.99 Å². The third-order valence-electron chi connectivity index (χ3n) is 5.77. The largest absolute Gasteiger partial charge is 0.489 e. The number of benzene rings is 4. The van der Waals surface area contributed by atoms with Crippen molar-refractivity contribution in [2.24, 2.45) is 5.10 Å². The van der Waals surface area contributed by atoms with E-state index in [9.17, 15) is 4.79 Å². The Labute approximate surface area is 198 Å². The summed E-state index contributed by atoms with van der Waals surface area (Å²) in [4.78, 5) is 12.4. The average Bonchev–Trinajstić information content (AvgIpc) is 3.21. The number of nitrogens with zero attached hydrogens (tertiary/aromatic N) is 2. The van der Waals surface area contributed by atoms with Crippen LogP contribution in [0.15, 0.2) is 108 Å². The van der Waals surface area contributed by atoms with Crippen molar-refractivity contribution in [3.63, 3.8) is 0 Å². The fraction of sp³-hybridized carbons (Fsp3) is 0.103. The molecule has 1 N–H and O–H groups in total. The van der Waals surface area contributed by atoms with Crippen LogP contribution in [0.5, 0.6) is 5.75 Å². The van der Waals surface area contributed by atoms with E-state index in [0.717, 1.165) is 27.9 Å². The molecule has 0 saturated heterocycles. The number of hydrogen-bond acceptors (Lipinski definition) is 3. The molecule has 0 bridgehead atoms. The lowest BCUT2D eigenvalue weighted by Crippen LogP contribution is -2.19. The molecule has 1 amide bonds. The number of aryl methyl sites for hydroxylation is 1. The summed E-state index contributed by atoms with van der Waals surface area (Å²) in [7, 11) is 0. The van der Waals surface area contributed by atoms with Gasteiger partial charge in [-0.15, -0.1) is 0 Å². The van der Waals surface area contributed by atoms with Gasteiger partial charge in [0, 0.05) is 34.8 Å². The van der Waals surface area contributed by atoms with Crippen molar-refractivity contribution < 1.29 is 9.53 Å². The normalized spacial score (nSPS) is 11.3. The third kappa shape index (κ3) is 4.84. The molecule has 5 rings (SSSR count). The Bertz CT molecular complexity index is 1380. The lowest BCUT2D eigenvalue weighted by molar-refractivity contribution is -0.121. The topological polar surface area (TPSA) is 55.6 Å². The average molecular weight is 448 g/mol. The minimum atomic E-state index is -0.124. The summed E-state index contributed by atoms with van der Waals surface area (Å²) in [6.45, 7) is 1.11. The zero-order valence-corrected chi connectivity index (χ0v) is 18.7. The molecule has 4 aromatic carbocycles. The number of aromatic nitrogens is 1. The van der Waals surface area contributed by atoms with Gasteiger partial charge in [0.25, 0.3) is 0 Å². The summed E-state index contributed by atoms with van der Waals surface area (Å²) in [6, 6.07) is 34.2. The van der Waals surface area contributed by atoms with Crippen LogP contribution in [0.1, 0.15) is 17.5 Å². The number of para-hydroxylation sites is 2. The number of hydrazone groups is 1. The van der Waals surface area contributed by atoms with Crippen molar-refractivity contribution in [1.29, 1.82) is 0 Å². The van der Waals surface area contributed by atoms with Crippen molar-refractivity contribution in [2.45, 2.75) is 19.6 Å². The van der Waals surface area contributed by atoms with Gasteiger partial charge >= 0.3 is 0 Å². The Balaban J connectivity index is 1.16. The quantitative estimate of drug-likeness (QED) is 0.237. The molecule has 0 atom stereocenters. The van der Waals surface area contributed by atoms with E-state index in [0.29, 0.717) is 19.6 Å². The van der Waals surface area contributed by atoms with Crippen LogP contribution >= 0.6 is 0 Å². The van der Waals surface area contributed by atoms with Crippen LogP contribution in [0.4, 0.5) is 0 Å².